The Labute approximate surface area is 151 Å². The molecule has 0 aliphatic carbocycles. The van der Waals surface area contributed by atoms with Crippen LogP contribution in [0.1, 0.15) is 34.2 Å². The van der Waals surface area contributed by atoms with Crippen LogP contribution in [0.15, 0.2) is 30.3 Å². The molecule has 2 heterocycles. The van der Waals surface area contributed by atoms with Crippen LogP contribution in [0.4, 0.5) is 0 Å². The van der Waals surface area contributed by atoms with Crippen LogP contribution in [0.25, 0.3) is 11.3 Å². The van der Waals surface area contributed by atoms with E-state index in [2.05, 4.69) is 9.97 Å². The van der Waals surface area contributed by atoms with Gasteiger partial charge in [-0.2, -0.15) is 0 Å². The number of carbonyl (C=O) groups is 2. The zero-order chi connectivity index (χ0) is 18.7. The van der Waals surface area contributed by atoms with Crippen molar-refractivity contribution >= 4 is 11.9 Å². The lowest BCUT2D eigenvalue weighted by atomic mass is 10.0. The van der Waals surface area contributed by atoms with Crippen molar-refractivity contribution in [2.45, 2.75) is 19.3 Å². The lowest BCUT2D eigenvalue weighted by molar-refractivity contribution is -0.134. The molecule has 1 aromatic carbocycles. The van der Waals surface area contributed by atoms with Gasteiger partial charge in [0.15, 0.2) is 0 Å². The summed E-state index contributed by atoms with van der Waals surface area (Å²) in [6.07, 6.45) is 0.834. The normalized spacial score (nSPS) is 16.7. The van der Waals surface area contributed by atoms with Crippen LogP contribution in [-0.4, -0.2) is 58.7 Å². The third-order valence-electron chi connectivity index (χ3n) is 4.49. The van der Waals surface area contributed by atoms with Crippen molar-refractivity contribution in [2.75, 3.05) is 26.8 Å². The fraction of sp³-hybridized carbons (Fsp3) is 0.368. The first-order valence-corrected chi connectivity index (χ1v) is 8.44. The van der Waals surface area contributed by atoms with E-state index in [0.717, 1.165) is 17.7 Å². The van der Waals surface area contributed by atoms with Gasteiger partial charge in [0.05, 0.1) is 11.3 Å². The predicted octanol–water partition coefficient (Wildman–Crippen LogP) is 2.11. The van der Waals surface area contributed by atoms with Gasteiger partial charge in [-0.25, -0.2) is 14.8 Å². The van der Waals surface area contributed by atoms with Crippen molar-refractivity contribution in [3.05, 3.63) is 47.4 Å². The minimum absolute atomic E-state index is 0.0184. The van der Waals surface area contributed by atoms with Crippen LogP contribution in [0, 0.1) is 6.92 Å². The third-order valence-corrected chi connectivity index (χ3v) is 4.49. The summed E-state index contributed by atoms with van der Waals surface area (Å²) in [5.74, 6) is -0.227. The Balaban J connectivity index is 1.86. The van der Waals surface area contributed by atoms with E-state index in [0.29, 0.717) is 24.6 Å². The van der Waals surface area contributed by atoms with Gasteiger partial charge in [-0.1, -0.05) is 12.1 Å². The fourth-order valence-corrected chi connectivity index (χ4v) is 3.20. The van der Waals surface area contributed by atoms with Gasteiger partial charge in [0.1, 0.15) is 12.4 Å². The smallest absolute Gasteiger partial charge is 0.335 e. The molecule has 1 aliphatic rings. The SMILES string of the molecule is COCC(=O)N1CCC(c2cc(-c3cccc(C(=O)O)c3)nc(C)n2)C1. The molecule has 26 heavy (non-hydrogen) atoms. The minimum Gasteiger partial charge on any atom is -0.478 e. The van der Waals surface area contributed by atoms with E-state index in [1.165, 1.54) is 7.11 Å². The summed E-state index contributed by atoms with van der Waals surface area (Å²) in [4.78, 5) is 34.0. The highest BCUT2D eigenvalue weighted by Crippen LogP contribution is 2.29. The molecule has 7 nitrogen and oxygen atoms in total. The Morgan fingerprint density at radius 2 is 2.12 bits per heavy atom. The van der Waals surface area contributed by atoms with Gasteiger partial charge in [0, 0.05) is 37.4 Å². The molecule has 136 valence electrons. The van der Waals surface area contributed by atoms with E-state index in [4.69, 9.17) is 4.74 Å². The molecule has 0 saturated carbocycles. The fourth-order valence-electron chi connectivity index (χ4n) is 3.20. The molecule has 2 aromatic rings. The molecule has 0 radical (unpaired) electrons. The molecule has 7 heteroatoms. The van der Waals surface area contributed by atoms with E-state index in [1.807, 2.05) is 19.1 Å². The highest BCUT2D eigenvalue weighted by Gasteiger charge is 2.28. The first-order valence-electron chi connectivity index (χ1n) is 8.44. The van der Waals surface area contributed by atoms with Gasteiger partial charge in [-0.15, -0.1) is 0 Å². The summed E-state index contributed by atoms with van der Waals surface area (Å²) in [5.41, 5.74) is 2.53. The summed E-state index contributed by atoms with van der Waals surface area (Å²) in [6, 6.07) is 8.59. The minimum atomic E-state index is -0.971. The molecule has 1 aromatic heterocycles. The Morgan fingerprint density at radius 3 is 2.85 bits per heavy atom. The van der Waals surface area contributed by atoms with Gasteiger partial charge < -0.3 is 14.7 Å². The van der Waals surface area contributed by atoms with Crippen molar-refractivity contribution in [3.63, 3.8) is 0 Å². The number of amides is 1. The molecule has 1 unspecified atom stereocenters. The van der Waals surface area contributed by atoms with Crippen LogP contribution in [-0.2, 0) is 9.53 Å². The number of carboxylic acid groups (broad SMARTS) is 1. The Morgan fingerprint density at radius 1 is 1.31 bits per heavy atom. The maximum Gasteiger partial charge on any atom is 0.335 e. The summed E-state index contributed by atoms with van der Waals surface area (Å²) in [7, 11) is 1.51. The van der Waals surface area contributed by atoms with Crippen LogP contribution in [0.2, 0.25) is 0 Å². The van der Waals surface area contributed by atoms with Crippen LogP contribution >= 0.6 is 0 Å². The number of rotatable bonds is 5. The van der Waals surface area contributed by atoms with Crippen molar-refractivity contribution in [3.8, 4) is 11.3 Å². The largest absolute Gasteiger partial charge is 0.478 e. The summed E-state index contributed by atoms with van der Waals surface area (Å²) < 4.78 is 4.92. The third kappa shape index (κ3) is 3.88. The van der Waals surface area contributed by atoms with Gasteiger partial charge in [0.2, 0.25) is 5.91 Å². The zero-order valence-electron chi connectivity index (χ0n) is 14.8. The molecule has 1 atom stereocenters. The molecule has 0 bridgehead atoms. The number of likely N-dealkylation sites (tertiary alicyclic amines) is 1. The van der Waals surface area contributed by atoms with Crippen LogP contribution in [0.3, 0.4) is 0 Å². The highest BCUT2D eigenvalue weighted by atomic mass is 16.5. The lowest BCUT2D eigenvalue weighted by Crippen LogP contribution is -2.31. The van der Waals surface area contributed by atoms with Crippen molar-refractivity contribution < 1.29 is 19.4 Å². The molecule has 1 fully saturated rings. The van der Waals surface area contributed by atoms with Gasteiger partial charge in [0.25, 0.3) is 0 Å². The Hall–Kier alpha value is -2.80. The zero-order valence-corrected chi connectivity index (χ0v) is 14.8. The number of aryl methyl sites for hydroxylation is 1. The summed E-state index contributed by atoms with van der Waals surface area (Å²) in [5, 5.41) is 9.18. The van der Waals surface area contributed by atoms with Crippen molar-refractivity contribution in [2.24, 2.45) is 0 Å². The van der Waals surface area contributed by atoms with Crippen molar-refractivity contribution in [1.29, 1.82) is 0 Å². The predicted molar refractivity (Wildman–Crippen MR) is 95.0 cm³/mol. The van der Waals surface area contributed by atoms with E-state index in [9.17, 15) is 14.7 Å². The van der Waals surface area contributed by atoms with Crippen molar-refractivity contribution in [1.82, 2.24) is 14.9 Å². The topological polar surface area (TPSA) is 92.6 Å². The first-order chi connectivity index (χ1) is 12.5. The number of carbonyl (C=O) groups excluding carboxylic acids is 1. The number of nitrogens with zero attached hydrogens (tertiary/aromatic N) is 3. The Bertz CT molecular complexity index is 837. The van der Waals surface area contributed by atoms with Crippen LogP contribution in [0.5, 0.6) is 0 Å². The number of methoxy groups -OCH3 is 1. The van der Waals surface area contributed by atoms with Gasteiger partial charge in [-0.05, 0) is 31.5 Å². The quantitative estimate of drug-likeness (QED) is 0.883. The average Bonchev–Trinajstić information content (AvgIpc) is 3.12. The number of hydrogen-bond acceptors (Lipinski definition) is 5. The maximum atomic E-state index is 12.0. The molecule has 1 saturated heterocycles. The summed E-state index contributed by atoms with van der Waals surface area (Å²) >= 11 is 0. The summed E-state index contributed by atoms with van der Waals surface area (Å²) in [6.45, 7) is 3.19. The number of carboxylic acids is 1. The highest BCUT2D eigenvalue weighted by molar-refractivity contribution is 5.89. The number of aromatic carboxylic acids is 1. The number of hydrogen-bond donors (Lipinski definition) is 1. The van der Waals surface area contributed by atoms with E-state index < -0.39 is 5.97 Å². The molecule has 1 N–H and O–H groups in total. The molecule has 1 aliphatic heterocycles. The molecular weight excluding hydrogens is 334 g/mol. The maximum absolute atomic E-state index is 12.0. The monoisotopic (exact) mass is 355 g/mol. The Kier molecular flexibility index (Phi) is 5.27. The van der Waals surface area contributed by atoms with E-state index >= 15 is 0 Å². The van der Waals surface area contributed by atoms with E-state index in [-0.39, 0.29) is 24.0 Å². The van der Waals surface area contributed by atoms with Crippen LogP contribution < -0.4 is 0 Å². The number of ether oxygens (including phenoxy) is 1. The second-order valence-corrected chi connectivity index (χ2v) is 6.37. The first kappa shape index (κ1) is 18.0. The molecule has 1 amide bonds. The number of benzene rings is 1. The standard InChI is InChI=1S/C19H21N3O4/c1-12-20-16(13-4-3-5-14(8-13)19(24)25)9-17(21-12)15-6-7-22(10-15)18(23)11-26-2/h3-5,8-9,15H,6-7,10-11H2,1-2H3,(H,24,25). The average molecular weight is 355 g/mol. The second kappa shape index (κ2) is 7.61. The van der Waals surface area contributed by atoms with E-state index in [1.54, 1.807) is 23.1 Å². The molecule has 3 rings (SSSR count). The second-order valence-electron chi connectivity index (χ2n) is 6.37. The lowest BCUT2D eigenvalue weighted by Gasteiger charge is -2.16. The van der Waals surface area contributed by atoms with Gasteiger partial charge in [-0.3, -0.25) is 4.79 Å². The molecule has 0 spiro atoms. The number of aromatic nitrogens is 2. The van der Waals surface area contributed by atoms with Gasteiger partial charge >= 0.3 is 5.97 Å². The molecular formula is C19H21N3O4.